The SMILES string of the molecule is COC(=O)c1ccc(NC(=O)C23CCC(c4nc5cc(Cl)c(Cl)cc5nc42)C3(C)C)cc1. The van der Waals surface area contributed by atoms with Crippen LogP contribution >= 0.6 is 23.2 Å². The summed E-state index contributed by atoms with van der Waals surface area (Å²) in [7, 11) is 1.33. The monoisotopic (exact) mass is 469 g/mol. The summed E-state index contributed by atoms with van der Waals surface area (Å²) >= 11 is 12.4. The van der Waals surface area contributed by atoms with Crippen molar-refractivity contribution in [3.05, 3.63) is 63.4 Å². The minimum atomic E-state index is -0.818. The van der Waals surface area contributed by atoms with E-state index >= 15 is 0 Å². The summed E-state index contributed by atoms with van der Waals surface area (Å²) in [5.74, 6) is -0.425. The number of hydrogen-bond acceptors (Lipinski definition) is 5. The number of fused-ring (bicyclic) bond motifs is 6. The first-order valence-corrected chi connectivity index (χ1v) is 11.1. The smallest absolute Gasteiger partial charge is 0.337 e. The van der Waals surface area contributed by atoms with Crippen molar-refractivity contribution < 1.29 is 14.3 Å². The van der Waals surface area contributed by atoms with Gasteiger partial charge in [0, 0.05) is 11.6 Å². The molecule has 0 radical (unpaired) electrons. The number of rotatable bonds is 3. The highest BCUT2D eigenvalue weighted by molar-refractivity contribution is 6.42. The van der Waals surface area contributed by atoms with Crippen LogP contribution in [0.4, 0.5) is 5.69 Å². The van der Waals surface area contributed by atoms with Crippen LogP contribution in [0.25, 0.3) is 11.0 Å². The van der Waals surface area contributed by atoms with E-state index in [0.717, 1.165) is 12.1 Å². The molecule has 3 aromatic rings. The molecule has 5 rings (SSSR count). The van der Waals surface area contributed by atoms with Crippen molar-refractivity contribution >= 4 is 51.8 Å². The number of halogens is 2. The van der Waals surface area contributed by atoms with Gasteiger partial charge in [0.25, 0.3) is 0 Å². The second kappa shape index (κ2) is 7.15. The molecule has 32 heavy (non-hydrogen) atoms. The average Bonchev–Trinajstić information content (AvgIpc) is 3.14. The number of carbonyl (C=O) groups excluding carboxylic acids is 2. The topological polar surface area (TPSA) is 81.2 Å². The normalized spacial score (nSPS) is 22.6. The van der Waals surface area contributed by atoms with Gasteiger partial charge in [-0.05, 0) is 54.7 Å². The highest BCUT2D eigenvalue weighted by Crippen LogP contribution is 2.67. The Morgan fingerprint density at radius 1 is 1.06 bits per heavy atom. The maximum atomic E-state index is 13.8. The first-order chi connectivity index (χ1) is 15.2. The molecule has 2 atom stereocenters. The lowest BCUT2D eigenvalue weighted by molar-refractivity contribution is -0.124. The number of anilines is 1. The molecule has 1 fully saturated rings. The van der Waals surface area contributed by atoms with Crippen molar-refractivity contribution in [1.82, 2.24) is 9.97 Å². The number of aromatic nitrogens is 2. The Kier molecular flexibility index (Phi) is 4.73. The number of hydrogen-bond donors (Lipinski definition) is 1. The Morgan fingerprint density at radius 3 is 2.31 bits per heavy atom. The van der Waals surface area contributed by atoms with Crippen molar-refractivity contribution in [3.8, 4) is 0 Å². The zero-order valence-corrected chi connectivity index (χ0v) is 19.3. The van der Waals surface area contributed by atoms with Gasteiger partial charge in [-0.15, -0.1) is 0 Å². The summed E-state index contributed by atoms with van der Waals surface area (Å²) in [5.41, 5.74) is 2.72. The fourth-order valence-corrected chi connectivity index (χ4v) is 5.74. The molecule has 1 amide bonds. The average molecular weight is 470 g/mol. The lowest BCUT2D eigenvalue weighted by atomic mass is 9.67. The van der Waals surface area contributed by atoms with Crippen LogP contribution in [-0.4, -0.2) is 29.0 Å². The summed E-state index contributed by atoms with van der Waals surface area (Å²) < 4.78 is 4.74. The number of benzene rings is 2. The molecule has 0 saturated heterocycles. The Labute approximate surface area is 195 Å². The van der Waals surface area contributed by atoms with Crippen LogP contribution in [0.5, 0.6) is 0 Å². The third-order valence-electron chi connectivity index (χ3n) is 7.20. The van der Waals surface area contributed by atoms with Crippen LogP contribution in [0.15, 0.2) is 36.4 Å². The molecular formula is C24H21Cl2N3O3. The molecule has 2 aliphatic carbocycles. The Bertz CT molecular complexity index is 1290. The summed E-state index contributed by atoms with van der Waals surface area (Å²) in [6.07, 6.45) is 1.54. The van der Waals surface area contributed by atoms with Gasteiger partial charge in [0.2, 0.25) is 5.91 Å². The molecule has 1 aromatic heterocycles. The summed E-state index contributed by atoms with van der Waals surface area (Å²) in [5, 5.41) is 3.88. The molecule has 2 bridgehead atoms. The van der Waals surface area contributed by atoms with Gasteiger partial charge >= 0.3 is 5.97 Å². The van der Waals surface area contributed by atoms with Gasteiger partial charge in [0.1, 0.15) is 0 Å². The molecule has 0 spiro atoms. The van der Waals surface area contributed by atoms with Gasteiger partial charge in [-0.2, -0.15) is 0 Å². The van der Waals surface area contributed by atoms with E-state index in [4.69, 9.17) is 37.9 Å². The van der Waals surface area contributed by atoms with E-state index < -0.39 is 11.4 Å². The van der Waals surface area contributed by atoms with E-state index in [-0.39, 0.29) is 17.2 Å². The van der Waals surface area contributed by atoms with Crippen molar-refractivity contribution in [3.63, 3.8) is 0 Å². The third-order valence-corrected chi connectivity index (χ3v) is 7.92. The van der Waals surface area contributed by atoms with E-state index in [1.807, 2.05) is 0 Å². The minimum Gasteiger partial charge on any atom is -0.465 e. The number of carbonyl (C=O) groups is 2. The zero-order valence-electron chi connectivity index (χ0n) is 17.8. The number of esters is 1. The van der Waals surface area contributed by atoms with Crippen LogP contribution < -0.4 is 5.32 Å². The molecular weight excluding hydrogens is 449 g/mol. The van der Waals surface area contributed by atoms with Gasteiger partial charge in [-0.25, -0.2) is 14.8 Å². The fourth-order valence-electron chi connectivity index (χ4n) is 5.42. The Hall–Kier alpha value is -2.70. The van der Waals surface area contributed by atoms with Gasteiger partial charge in [0.15, 0.2) is 0 Å². The second-order valence-electron chi connectivity index (χ2n) is 8.95. The lowest BCUT2D eigenvalue weighted by Gasteiger charge is -2.36. The Morgan fingerprint density at radius 2 is 1.69 bits per heavy atom. The second-order valence-corrected chi connectivity index (χ2v) is 9.77. The predicted molar refractivity (Wildman–Crippen MR) is 123 cm³/mol. The van der Waals surface area contributed by atoms with Crippen LogP contribution in [0.1, 0.15) is 54.4 Å². The number of ether oxygens (including phenoxy) is 1. The summed E-state index contributed by atoms with van der Waals surface area (Å²) in [6.45, 7) is 4.22. The van der Waals surface area contributed by atoms with Gasteiger partial charge < -0.3 is 10.1 Å². The molecule has 0 aliphatic heterocycles. The molecule has 8 heteroatoms. The van der Waals surface area contributed by atoms with E-state index in [0.29, 0.717) is 44.4 Å². The molecule has 1 N–H and O–H groups in total. The molecule has 2 unspecified atom stereocenters. The molecule has 6 nitrogen and oxygen atoms in total. The van der Waals surface area contributed by atoms with E-state index in [9.17, 15) is 9.59 Å². The van der Waals surface area contributed by atoms with Crippen molar-refractivity contribution in [2.45, 2.75) is 38.0 Å². The van der Waals surface area contributed by atoms with Gasteiger partial charge in [0.05, 0.1) is 50.6 Å². The van der Waals surface area contributed by atoms with Gasteiger partial charge in [-0.1, -0.05) is 37.0 Å². The zero-order chi connectivity index (χ0) is 22.8. The number of nitrogens with one attached hydrogen (secondary N) is 1. The first kappa shape index (κ1) is 21.2. The first-order valence-electron chi connectivity index (χ1n) is 10.4. The van der Waals surface area contributed by atoms with Crippen LogP contribution in [0, 0.1) is 5.41 Å². The highest BCUT2D eigenvalue weighted by Gasteiger charge is 2.67. The van der Waals surface area contributed by atoms with Crippen LogP contribution in [0.3, 0.4) is 0 Å². The highest BCUT2D eigenvalue weighted by atomic mass is 35.5. The molecule has 1 heterocycles. The van der Waals surface area contributed by atoms with Crippen LogP contribution in [0.2, 0.25) is 10.0 Å². The minimum absolute atomic E-state index is 0.122. The van der Waals surface area contributed by atoms with Crippen molar-refractivity contribution in [2.24, 2.45) is 5.41 Å². The van der Waals surface area contributed by atoms with Crippen molar-refractivity contribution in [1.29, 1.82) is 0 Å². The number of nitrogens with zero attached hydrogens (tertiary/aromatic N) is 2. The maximum Gasteiger partial charge on any atom is 0.337 e. The number of amides is 1. The largest absolute Gasteiger partial charge is 0.465 e. The number of methoxy groups -OCH3 is 1. The van der Waals surface area contributed by atoms with E-state index in [2.05, 4.69) is 19.2 Å². The maximum absolute atomic E-state index is 13.8. The molecule has 164 valence electrons. The summed E-state index contributed by atoms with van der Waals surface area (Å²) in [6, 6.07) is 10.1. The fraction of sp³-hybridized carbons (Fsp3) is 0.333. The quantitative estimate of drug-likeness (QED) is 0.510. The van der Waals surface area contributed by atoms with Crippen molar-refractivity contribution in [2.75, 3.05) is 12.4 Å². The standard InChI is InChI=1S/C24H21Cl2N3O3/c1-23(2)14-8-9-24(23,22(31)27-13-6-4-12(5-7-13)21(30)32-3)20-19(14)28-17-10-15(25)16(26)11-18(17)29-20/h4-7,10-11,14H,8-9H2,1-3H3,(H,27,31). The van der Waals surface area contributed by atoms with E-state index in [1.165, 1.54) is 7.11 Å². The van der Waals surface area contributed by atoms with Crippen LogP contribution in [-0.2, 0) is 14.9 Å². The predicted octanol–water partition coefficient (Wildman–Crippen LogP) is 5.52. The summed E-state index contributed by atoms with van der Waals surface area (Å²) in [4.78, 5) is 35.2. The Balaban J connectivity index is 1.57. The lowest BCUT2D eigenvalue weighted by Crippen LogP contribution is -2.46. The molecule has 2 aromatic carbocycles. The van der Waals surface area contributed by atoms with E-state index in [1.54, 1.807) is 36.4 Å². The third kappa shape index (κ3) is 2.79. The molecule has 1 saturated carbocycles. The van der Waals surface area contributed by atoms with Gasteiger partial charge in [-0.3, -0.25) is 4.79 Å². The molecule has 2 aliphatic rings.